The summed E-state index contributed by atoms with van der Waals surface area (Å²) < 4.78 is 15.5. The number of nitrogens with zero attached hydrogens (tertiary/aromatic N) is 4. The van der Waals surface area contributed by atoms with E-state index in [1.54, 1.807) is 17.5 Å². The molecule has 0 atom stereocenters. The third kappa shape index (κ3) is 1.41. The van der Waals surface area contributed by atoms with Crippen LogP contribution in [0, 0.1) is 5.82 Å². The van der Waals surface area contributed by atoms with Gasteiger partial charge in [-0.05, 0) is 12.1 Å². The van der Waals surface area contributed by atoms with Crippen LogP contribution in [0.3, 0.4) is 0 Å². The average Bonchev–Trinajstić information content (AvgIpc) is 2.75. The van der Waals surface area contributed by atoms with Crippen LogP contribution in [0.2, 0.25) is 5.02 Å². The molecule has 0 radical (unpaired) electrons. The molecule has 3 aromatic rings. The first kappa shape index (κ1) is 10.2. The molecule has 0 amide bonds. The first-order valence-electron chi connectivity index (χ1n) is 4.87. The van der Waals surface area contributed by atoms with Crippen LogP contribution in [-0.4, -0.2) is 26.6 Å². The topological polar surface area (TPSA) is 55.1 Å². The molecule has 86 valence electrons. The molecule has 5 nitrogen and oxygen atoms in total. The van der Waals surface area contributed by atoms with Crippen LogP contribution in [0.25, 0.3) is 16.7 Å². The van der Waals surface area contributed by atoms with Crippen LogP contribution in [0.5, 0.6) is 0 Å². The van der Waals surface area contributed by atoms with E-state index in [0.29, 0.717) is 27.5 Å². The summed E-state index contributed by atoms with van der Waals surface area (Å²) in [6.07, 6.45) is 1.47. The van der Waals surface area contributed by atoms with Crippen LogP contribution in [0.15, 0.2) is 18.5 Å². The zero-order valence-corrected chi connectivity index (χ0v) is 9.53. The van der Waals surface area contributed by atoms with E-state index < -0.39 is 5.82 Å². The number of fused-ring (bicyclic) bond motifs is 3. The highest BCUT2D eigenvalue weighted by Crippen LogP contribution is 2.28. The molecule has 7 heteroatoms. The SMILES string of the molecule is CNc1nc2nncn2c2cc(Cl)cc(F)c12. The number of hydrogen-bond acceptors (Lipinski definition) is 4. The van der Waals surface area contributed by atoms with Crippen LogP contribution in [0.1, 0.15) is 0 Å². The lowest BCUT2D eigenvalue weighted by Crippen LogP contribution is -2.00. The Bertz CT molecular complexity index is 723. The van der Waals surface area contributed by atoms with E-state index in [4.69, 9.17) is 11.6 Å². The van der Waals surface area contributed by atoms with Gasteiger partial charge in [-0.15, -0.1) is 10.2 Å². The third-order valence-corrected chi connectivity index (χ3v) is 2.73. The highest BCUT2D eigenvalue weighted by molar-refractivity contribution is 6.31. The maximum absolute atomic E-state index is 13.9. The Balaban J connectivity index is 2.61. The minimum absolute atomic E-state index is 0.318. The lowest BCUT2D eigenvalue weighted by Gasteiger charge is -2.08. The highest BCUT2D eigenvalue weighted by atomic mass is 35.5. The number of hydrogen-bond donors (Lipinski definition) is 1. The largest absolute Gasteiger partial charge is 0.372 e. The van der Waals surface area contributed by atoms with Gasteiger partial charge in [-0.3, -0.25) is 4.40 Å². The van der Waals surface area contributed by atoms with Gasteiger partial charge in [0.25, 0.3) is 5.78 Å². The summed E-state index contributed by atoms with van der Waals surface area (Å²) in [5.74, 6) is 0.373. The van der Waals surface area contributed by atoms with Gasteiger partial charge in [-0.1, -0.05) is 11.6 Å². The Morgan fingerprint density at radius 1 is 1.41 bits per heavy atom. The molecule has 1 N–H and O–H groups in total. The summed E-state index contributed by atoms with van der Waals surface area (Å²) >= 11 is 5.85. The lowest BCUT2D eigenvalue weighted by molar-refractivity contribution is 0.639. The molecule has 0 aliphatic heterocycles. The Kier molecular flexibility index (Phi) is 2.12. The molecule has 0 spiro atoms. The minimum atomic E-state index is -0.431. The predicted octanol–water partition coefficient (Wildman–Crippen LogP) is 2.11. The number of benzene rings is 1. The van der Waals surface area contributed by atoms with E-state index in [1.807, 2.05) is 0 Å². The Morgan fingerprint density at radius 2 is 2.24 bits per heavy atom. The van der Waals surface area contributed by atoms with E-state index in [0.717, 1.165) is 0 Å². The second-order valence-corrected chi connectivity index (χ2v) is 3.93. The molecule has 1 aromatic carbocycles. The first-order valence-corrected chi connectivity index (χ1v) is 5.25. The van der Waals surface area contributed by atoms with Crippen LogP contribution in [0.4, 0.5) is 10.2 Å². The van der Waals surface area contributed by atoms with Crippen LogP contribution >= 0.6 is 11.6 Å². The van der Waals surface area contributed by atoms with Crippen molar-refractivity contribution in [3.8, 4) is 0 Å². The summed E-state index contributed by atoms with van der Waals surface area (Å²) in [4.78, 5) is 4.17. The summed E-state index contributed by atoms with van der Waals surface area (Å²) in [6, 6.07) is 2.90. The fourth-order valence-corrected chi connectivity index (χ4v) is 2.00. The van der Waals surface area contributed by atoms with Gasteiger partial charge in [0.05, 0.1) is 10.9 Å². The second-order valence-electron chi connectivity index (χ2n) is 3.49. The van der Waals surface area contributed by atoms with Gasteiger partial charge in [0.2, 0.25) is 0 Å². The van der Waals surface area contributed by atoms with Crippen molar-refractivity contribution < 1.29 is 4.39 Å². The number of aromatic nitrogens is 4. The van der Waals surface area contributed by atoms with Crippen molar-refractivity contribution >= 4 is 34.1 Å². The zero-order chi connectivity index (χ0) is 12.0. The molecule has 0 aliphatic rings. The molecule has 0 fully saturated rings. The van der Waals surface area contributed by atoms with Crippen molar-refractivity contribution in [3.05, 3.63) is 29.3 Å². The Labute approximate surface area is 100 Å². The van der Waals surface area contributed by atoms with Gasteiger partial charge in [-0.2, -0.15) is 4.98 Å². The maximum atomic E-state index is 13.9. The number of rotatable bonds is 1. The average molecular weight is 252 g/mol. The van der Waals surface area contributed by atoms with Crippen LogP contribution in [-0.2, 0) is 0 Å². The number of halogens is 2. The van der Waals surface area contributed by atoms with Gasteiger partial charge in [0.1, 0.15) is 18.0 Å². The van der Waals surface area contributed by atoms with E-state index >= 15 is 0 Å². The summed E-state index contributed by atoms with van der Waals surface area (Å²) in [5.41, 5.74) is 0.578. The van der Waals surface area contributed by atoms with Crippen molar-refractivity contribution in [1.82, 2.24) is 19.6 Å². The second kappa shape index (κ2) is 3.53. The molecular formula is C10H7ClFN5. The molecule has 0 saturated heterocycles. The summed E-state index contributed by atoms with van der Waals surface area (Å²) in [5, 5.41) is 11.1. The number of anilines is 1. The fourth-order valence-electron chi connectivity index (χ4n) is 1.80. The highest BCUT2D eigenvalue weighted by Gasteiger charge is 2.13. The van der Waals surface area contributed by atoms with E-state index in [2.05, 4.69) is 20.5 Å². The van der Waals surface area contributed by atoms with E-state index in [9.17, 15) is 4.39 Å². The van der Waals surface area contributed by atoms with Gasteiger partial charge in [0.15, 0.2) is 0 Å². The van der Waals surface area contributed by atoms with Crippen LogP contribution < -0.4 is 5.32 Å². The molecule has 2 heterocycles. The normalized spacial score (nSPS) is 11.2. The molecule has 0 saturated carbocycles. The van der Waals surface area contributed by atoms with Crippen molar-refractivity contribution in [2.24, 2.45) is 0 Å². The Morgan fingerprint density at radius 3 is 3.00 bits per heavy atom. The van der Waals surface area contributed by atoms with E-state index in [1.165, 1.54) is 12.4 Å². The maximum Gasteiger partial charge on any atom is 0.257 e. The quantitative estimate of drug-likeness (QED) is 0.720. The number of nitrogens with one attached hydrogen (secondary N) is 1. The molecular weight excluding hydrogens is 245 g/mol. The van der Waals surface area contributed by atoms with Crippen molar-refractivity contribution in [2.75, 3.05) is 12.4 Å². The standard InChI is InChI=1S/C10H7ClFN5/c1-13-9-8-6(12)2-5(11)3-7(8)17-4-14-16-10(17)15-9/h2-4H,1H3,(H,13,15,16). The van der Waals surface area contributed by atoms with Gasteiger partial charge < -0.3 is 5.32 Å². The van der Waals surface area contributed by atoms with Crippen molar-refractivity contribution in [2.45, 2.75) is 0 Å². The minimum Gasteiger partial charge on any atom is -0.372 e. The molecule has 3 rings (SSSR count). The zero-order valence-electron chi connectivity index (χ0n) is 8.78. The van der Waals surface area contributed by atoms with Crippen molar-refractivity contribution in [3.63, 3.8) is 0 Å². The smallest absolute Gasteiger partial charge is 0.257 e. The Hall–Kier alpha value is -1.95. The molecule has 0 aliphatic carbocycles. The van der Waals surface area contributed by atoms with Gasteiger partial charge >= 0.3 is 0 Å². The molecule has 0 unspecified atom stereocenters. The molecule has 0 bridgehead atoms. The summed E-state index contributed by atoms with van der Waals surface area (Å²) in [7, 11) is 1.67. The lowest BCUT2D eigenvalue weighted by atomic mass is 10.2. The third-order valence-electron chi connectivity index (χ3n) is 2.51. The first-order chi connectivity index (χ1) is 8.20. The van der Waals surface area contributed by atoms with Gasteiger partial charge in [0, 0.05) is 12.1 Å². The van der Waals surface area contributed by atoms with Gasteiger partial charge in [-0.25, -0.2) is 4.39 Å². The predicted molar refractivity (Wildman–Crippen MR) is 62.8 cm³/mol. The van der Waals surface area contributed by atoms with E-state index in [-0.39, 0.29) is 0 Å². The van der Waals surface area contributed by atoms with Crippen molar-refractivity contribution in [1.29, 1.82) is 0 Å². The molecule has 17 heavy (non-hydrogen) atoms. The molecule has 2 aromatic heterocycles. The summed E-state index contributed by atoms with van der Waals surface area (Å²) in [6.45, 7) is 0. The monoisotopic (exact) mass is 251 g/mol. The fraction of sp³-hybridized carbons (Fsp3) is 0.100.